The highest BCUT2D eigenvalue weighted by molar-refractivity contribution is 5.82. The van der Waals surface area contributed by atoms with Crippen molar-refractivity contribution in [2.24, 2.45) is 5.84 Å². The van der Waals surface area contributed by atoms with Gasteiger partial charge in [0.05, 0.1) is 6.10 Å². The van der Waals surface area contributed by atoms with Crippen LogP contribution in [0.1, 0.15) is 26.2 Å². The molecule has 1 heterocycles. The van der Waals surface area contributed by atoms with Crippen LogP contribution in [-0.2, 0) is 9.53 Å². The normalized spacial score (nSPS) is 22.5. The Morgan fingerprint density at radius 1 is 1.65 bits per heavy atom. The highest BCUT2D eigenvalue weighted by Crippen LogP contribution is 2.25. The number of carbonyl (C=O) groups excluding carboxylic acids is 1. The van der Waals surface area contributed by atoms with Gasteiger partial charge in [-0.2, -0.15) is 8.78 Å². The molecular weight excluding hydrogens is 232 g/mol. The molecule has 1 amide bonds. The van der Waals surface area contributed by atoms with E-state index in [2.05, 4.69) is 0 Å². The topological polar surface area (TPSA) is 67.6 Å². The summed E-state index contributed by atoms with van der Waals surface area (Å²) in [4.78, 5) is 11.8. The quantitative estimate of drug-likeness (QED) is 0.322. The van der Waals surface area contributed by atoms with Crippen LogP contribution < -0.4 is 11.3 Å². The van der Waals surface area contributed by atoms with Crippen LogP contribution in [0.3, 0.4) is 0 Å². The first-order valence-electron chi connectivity index (χ1n) is 5.77. The van der Waals surface area contributed by atoms with Gasteiger partial charge in [-0.25, -0.2) is 10.7 Å². The number of nitrogens with zero attached hydrogens (tertiary/aromatic N) is 1. The first kappa shape index (κ1) is 14.3. The number of likely N-dealkylation sites (tertiary alicyclic amines) is 1. The summed E-state index contributed by atoms with van der Waals surface area (Å²) in [5.41, 5.74) is 1.49. The van der Waals surface area contributed by atoms with Crippen LogP contribution >= 0.6 is 0 Å². The number of amides is 1. The number of ether oxygens (including phenoxy) is 1. The Morgan fingerprint density at radius 2 is 2.35 bits per heavy atom. The SMILES string of the molecule is CCCOC1CCCN(C(F)(F)C(=O)NN)C1. The second-order valence-electron chi connectivity index (χ2n) is 4.10. The molecule has 3 N–H and O–H groups in total. The van der Waals surface area contributed by atoms with Gasteiger partial charge in [0.2, 0.25) is 0 Å². The van der Waals surface area contributed by atoms with E-state index in [0.29, 0.717) is 13.0 Å². The number of carbonyl (C=O) groups is 1. The van der Waals surface area contributed by atoms with Crippen molar-refractivity contribution in [1.82, 2.24) is 10.3 Å². The third-order valence-electron chi connectivity index (χ3n) is 2.74. The van der Waals surface area contributed by atoms with Crippen LogP contribution in [0.2, 0.25) is 0 Å². The van der Waals surface area contributed by atoms with Gasteiger partial charge >= 0.3 is 12.0 Å². The summed E-state index contributed by atoms with van der Waals surface area (Å²) in [6, 6.07) is -3.57. The van der Waals surface area contributed by atoms with E-state index in [9.17, 15) is 13.6 Å². The standard InChI is InChI=1S/C10H19F2N3O2/c1-2-6-17-8-4-3-5-15(7-8)10(11,12)9(16)14-13/h8H,2-7,13H2,1H3,(H,14,16). The summed E-state index contributed by atoms with van der Waals surface area (Å²) in [6.45, 7) is 2.73. The zero-order valence-corrected chi connectivity index (χ0v) is 9.92. The van der Waals surface area contributed by atoms with Gasteiger partial charge in [0.1, 0.15) is 0 Å². The lowest BCUT2D eigenvalue weighted by Crippen LogP contribution is -2.58. The average molecular weight is 251 g/mol. The molecule has 1 saturated heterocycles. The average Bonchev–Trinajstić information content (AvgIpc) is 2.35. The summed E-state index contributed by atoms with van der Waals surface area (Å²) < 4.78 is 32.6. The molecule has 0 aliphatic carbocycles. The third kappa shape index (κ3) is 3.58. The molecule has 0 spiro atoms. The number of halogens is 2. The summed E-state index contributed by atoms with van der Waals surface area (Å²) in [6.07, 6.45) is 1.94. The minimum Gasteiger partial charge on any atom is -0.377 e. The zero-order valence-electron chi connectivity index (χ0n) is 9.92. The first-order valence-corrected chi connectivity index (χ1v) is 5.77. The summed E-state index contributed by atoms with van der Waals surface area (Å²) in [5, 5.41) is 0. The molecular formula is C10H19F2N3O2. The summed E-state index contributed by atoms with van der Waals surface area (Å²) in [7, 11) is 0. The number of hydrazine groups is 1. The van der Waals surface area contributed by atoms with Crippen LogP contribution in [0.15, 0.2) is 0 Å². The number of hydrogen-bond acceptors (Lipinski definition) is 4. The Hall–Kier alpha value is -0.790. The van der Waals surface area contributed by atoms with Gasteiger partial charge in [0.25, 0.3) is 0 Å². The maximum absolute atomic E-state index is 13.6. The zero-order chi connectivity index (χ0) is 12.9. The number of nitrogens with two attached hydrogens (primary N) is 1. The van der Waals surface area contributed by atoms with Gasteiger partial charge in [-0.3, -0.25) is 10.2 Å². The molecule has 17 heavy (non-hydrogen) atoms. The molecule has 1 unspecified atom stereocenters. The van der Waals surface area contributed by atoms with Crippen LogP contribution in [0.5, 0.6) is 0 Å². The number of alkyl halides is 2. The van der Waals surface area contributed by atoms with Crippen LogP contribution in [0.25, 0.3) is 0 Å². The minimum atomic E-state index is -3.57. The van der Waals surface area contributed by atoms with E-state index in [1.165, 1.54) is 5.43 Å². The van der Waals surface area contributed by atoms with Crippen LogP contribution in [0, 0.1) is 0 Å². The molecule has 0 aromatic carbocycles. The monoisotopic (exact) mass is 251 g/mol. The number of nitrogens with one attached hydrogen (secondary N) is 1. The van der Waals surface area contributed by atoms with E-state index >= 15 is 0 Å². The van der Waals surface area contributed by atoms with Gasteiger partial charge < -0.3 is 4.74 Å². The van der Waals surface area contributed by atoms with Crippen molar-refractivity contribution in [3.63, 3.8) is 0 Å². The number of piperidine rings is 1. The van der Waals surface area contributed by atoms with Crippen molar-refractivity contribution in [3.8, 4) is 0 Å². The molecule has 1 rings (SSSR count). The van der Waals surface area contributed by atoms with Crippen molar-refractivity contribution in [3.05, 3.63) is 0 Å². The Labute approximate surface area is 99.2 Å². The maximum atomic E-state index is 13.6. The van der Waals surface area contributed by atoms with Gasteiger partial charge in [-0.05, 0) is 19.3 Å². The van der Waals surface area contributed by atoms with Gasteiger partial charge in [0.15, 0.2) is 0 Å². The molecule has 1 aliphatic rings. The Morgan fingerprint density at radius 3 is 2.94 bits per heavy atom. The smallest absolute Gasteiger partial charge is 0.377 e. The highest BCUT2D eigenvalue weighted by atomic mass is 19.3. The highest BCUT2D eigenvalue weighted by Gasteiger charge is 2.46. The Bertz CT molecular complexity index is 264. The lowest BCUT2D eigenvalue weighted by atomic mass is 10.1. The van der Waals surface area contributed by atoms with E-state index in [1.54, 1.807) is 0 Å². The van der Waals surface area contributed by atoms with Crippen molar-refractivity contribution in [2.75, 3.05) is 19.7 Å². The van der Waals surface area contributed by atoms with Crippen LogP contribution in [0.4, 0.5) is 8.78 Å². The predicted octanol–water partition coefficient (Wildman–Crippen LogP) is 0.460. The van der Waals surface area contributed by atoms with Crippen molar-refractivity contribution >= 4 is 5.91 Å². The molecule has 0 aromatic rings. The molecule has 0 aromatic heterocycles. The second kappa shape index (κ2) is 6.23. The molecule has 1 atom stereocenters. The molecule has 1 fully saturated rings. The molecule has 5 nitrogen and oxygen atoms in total. The van der Waals surface area contributed by atoms with E-state index in [-0.39, 0.29) is 19.2 Å². The van der Waals surface area contributed by atoms with Crippen molar-refractivity contribution < 1.29 is 18.3 Å². The lowest BCUT2D eigenvalue weighted by Gasteiger charge is -2.36. The van der Waals surface area contributed by atoms with E-state index < -0.39 is 12.0 Å². The molecule has 1 aliphatic heterocycles. The van der Waals surface area contributed by atoms with Crippen molar-refractivity contribution in [2.45, 2.75) is 38.3 Å². The number of rotatable bonds is 5. The fourth-order valence-electron chi connectivity index (χ4n) is 1.84. The molecule has 0 bridgehead atoms. The van der Waals surface area contributed by atoms with E-state index in [4.69, 9.17) is 10.6 Å². The van der Waals surface area contributed by atoms with Gasteiger partial charge in [-0.1, -0.05) is 6.92 Å². The molecule has 100 valence electrons. The van der Waals surface area contributed by atoms with Gasteiger partial charge in [0, 0.05) is 19.7 Å². The fourth-order valence-corrected chi connectivity index (χ4v) is 1.84. The second-order valence-corrected chi connectivity index (χ2v) is 4.10. The predicted molar refractivity (Wildman–Crippen MR) is 58.1 cm³/mol. The Balaban J connectivity index is 2.56. The number of hydrogen-bond donors (Lipinski definition) is 2. The minimum absolute atomic E-state index is 0.0560. The summed E-state index contributed by atoms with van der Waals surface area (Å²) >= 11 is 0. The van der Waals surface area contributed by atoms with Crippen LogP contribution in [-0.4, -0.2) is 42.7 Å². The first-order chi connectivity index (χ1) is 8.02. The van der Waals surface area contributed by atoms with E-state index in [1.807, 2.05) is 6.92 Å². The maximum Gasteiger partial charge on any atom is 0.385 e. The molecule has 7 heteroatoms. The third-order valence-corrected chi connectivity index (χ3v) is 2.74. The fraction of sp³-hybridized carbons (Fsp3) is 0.900. The van der Waals surface area contributed by atoms with Crippen molar-refractivity contribution in [1.29, 1.82) is 0 Å². The Kier molecular flexibility index (Phi) is 5.23. The largest absolute Gasteiger partial charge is 0.385 e. The van der Waals surface area contributed by atoms with Gasteiger partial charge in [-0.15, -0.1) is 0 Å². The molecule has 0 radical (unpaired) electrons. The van der Waals surface area contributed by atoms with E-state index in [0.717, 1.165) is 17.7 Å². The lowest BCUT2D eigenvalue weighted by molar-refractivity contribution is -0.189. The summed E-state index contributed by atoms with van der Waals surface area (Å²) in [5.74, 6) is 3.26. The molecule has 0 saturated carbocycles.